The number of aliphatic hydroxyl groups excluding tert-OH is 1. The van der Waals surface area contributed by atoms with Gasteiger partial charge in [0.05, 0.1) is 12.2 Å². The highest BCUT2D eigenvalue weighted by molar-refractivity contribution is 8.14. The molecule has 0 spiro atoms. The van der Waals surface area contributed by atoms with Crippen molar-refractivity contribution in [2.24, 2.45) is 10.9 Å². The summed E-state index contributed by atoms with van der Waals surface area (Å²) in [7, 11) is 1.51. The van der Waals surface area contributed by atoms with Crippen molar-refractivity contribution in [3.63, 3.8) is 0 Å². The van der Waals surface area contributed by atoms with Gasteiger partial charge in [-0.1, -0.05) is 12.1 Å². The molecule has 0 fully saturated rings. The number of nitrogens with zero attached hydrogens (tertiary/aromatic N) is 1. The fourth-order valence-electron chi connectivity index (χ4n) is 1.92. The van der Waals surface area contributed by atoms with Crippen molar-refractivity contribution >= 4 is 22.8 Å². The van der Waals surface area contributed by atoms with E-state index in [9.17, 15) is 15.0 Å². The number of hydrogen-bond donors (Lipinski definition) is 2. The third-order valence-electron chi connectivity index (χ3n) is 3.05. The van der Waals surface area contributed by atoms with Crippen LogP contribution in [-0.2, 0) is 4.79 Å². The minimum Gasteiger partial charge on any atom is -0.493 e. The van der Waals surface area contributed by atoms with Gasteiger partial charge in [-0.3, -0.25) is 9.79 Å². The predicted octanol–water partition coefficient (Wildman–Crippen LogP) is 1.28. The summed E-state index contributed by atoms with van der Waals surface area (Å²) in [6.07, 6.45) is -1.15. The van der Waals surface area contributed by atoms with Crippen LogP contribution in [0.2, 0.25) is 0 Å². The molecule has 1 aliphatic rings. The van der Waals surface area contributed by atoms with Crippen molar-refractivity contribution in [3.8, 4) is 11.5 Å². The summed E-state index contributed by atoms with van der Waals surface area (Å²) < 4.78 is 10.6. The molecule has 7 heteroatoms. The van der Waals surface area contributed by atoms with E-state index >= 15 is 0 Å². The van der Waals surface area contributed by atoms with Gasteiger partial charge in [0.2, 0.25) is 0 Å². The van der Waals surface area contributed by atoms with Crippen LogP contribution in [0.5, 0.6) is 11.5 Å². The first-order valence-corrected chi connectivity index (χ1v) is 7.46. The molecule has 1 aliphatic heterocycles. The Labute approximate surface area is 126 Å². The highest BCUT2D eigenvalue weighted by Crippen LogP contribution is 2.27. The molecule has 0 saturated carbocycles. The number of benzene rings is 1. The number of carbonyl (C=O) groups is 1. The summed E-state index contributed by atoms with van der Waals surface area (Å²) in [5, 5.41) is 19.9. The van der Waals surface area contributed by atoms with Gasteiger partial charge in [-0.05, 0) is 12.1 Å². The molecule has 0 amide bonds. The maximum atomic E-state index is 11.3. The van der Waals surface area contributed by atoms with Crippen molar-refractivity contribution in [3.05, 3.63) is 24.3 Å². The largest absolute Gasteiger partial charge is 0.493 e. The van der Waals surface area contributed by atoms with E-state index in [-0.39, 0.29) is 6.61 Å². The van der Waals surface area contributed by atoms with Gasteiger partial charge in [-0.25, -0.2) is 0 Å². The van der Waals surface area contributed by atoms with E-state index in [0.717, 1.165) is 5.75 Å². The molecule has 1 heterocycles. The zero-order valence-corrected chi connectivity index (χ0v) is 12.4. The molecule has 0 aromatic heterocycles. The van der Waals surface area contributed by atoms with Gasteiger partial charge in [0.1, 0.15) is 18.6 Å². The van der Waals surface area contributed by atoms with Gasteiger partial charge in [0.15, 0.2) is 11.5 Å². The Bertz CT molecular complexity index is 534. The third-order valence-corrected chi connectivity index (χ3v) is 4.10. The predicted molar refractivity (Wildman–Crippen MR) is 80.4 cm³/mol. The minimum atomic E-state index is -1.15. The van der Waals surface area contributed by atoms with Crippen LogP contribution in [-0.4, -0.2) is 53.3 Å². The van der Waals surface area contributed by atoms with Crippen LogP contribution in [0.4, 0.5) is 0 Å². The van der Waals surface area contributed by atoms with Crippen molar-refractivity contribution in [2.45, 2.75) is 6.10 Å². The Balaban J connectivity index is 2.05. The molecule has 2 N–H and O–H groups in total. The molecule has 0 radical (unpaired) electrons. The van der Waals surface area contributed by atoms with Crippen LogP contribution in [0, 0.1) is 5.92 Å². The zero-order chi connectivity index (χ0) is 15.2. The maximum Gasteiger partial charge on any atom is 0.313 e. The molecule has 2 rings (SSSR count). The van der Waals surface area contributed by atoms with Gasteiger partial charge in [0, 0.05) is 12.3 Å². The molecule has 6 nitrogen and oxygen atoms in total. The van der Waals surface area contributed by atoms with Gasteiger partial charge >= 0.3 is 5.97 Å². The fourth-order valence-corrected chi connectivity index (χ4v) is 2.83. The van der Waals surface area contributed by atoms with Gasteiger partial charge in [0.25, 0.3) is 0 Å². The summed E-state index contributed by atoms with van der Waals surface area (Å²) in [6, 6.07) is 6.96. The summed E-state index contributed by atoms with van der Waals surface area (Å²) >= 11 is 1.38. The monoisotopic (exact) mass is 311 g/mol. The Hall–Kier alpha value is -1.73. The number of carboxylic acid groups (broad SMARTS) is 1. The minimum absolute atomic E-state index is 0.156. The maximum absolute atomic E-state index is 11.3. The zero-order valence-electron chi connectivity index (χ0n) is 11.6. The molecule has 114 valence electrons. The van der Waals surface area contributed by atoms with Gasteiger partial charge in [-0.15, -0.1) is 11.8 Å². The number of aliphatic carboxylic acids is 1. The van der Waals surface area contributed by atoms with E-state index in [1.807, 2.05) is 0 Å². The van der Waals surface area contributed by atoms with Crippen molar-refractivity contribution in [1.29, 1.82) is 0 Å². The number of aliphatic imine (C=N–C) groups is 1. The molecule has 0 bridgehead atoms. The van der Waals surface area contributed by atoms with Gasteiger partial charge < -0.3 is 19.7 Å². The fraction of sp³-hybridized carbons (Fsp3) is 0.429. The molecule has 2 atom stereocenters. The summed E-state index contributed by atoms with van der Waals surface area (Å²) in [5.41, 5.74) is 0. The molecule has 2 unspecified atom stereocenters. The number of hydrogen-bond acceptors (Lipinski definition) is 6. The lowest BCUT2D eigenvalue weighted by Crippen LogP contribution is -2.37. The lowest BCUT2D eigenvalue weighted by Gasteiger charge is -2.20. The topological polar surface area (TPSA) is 88.4 Å². The van der Waals surface area contributed by atoms with E-state index in [0.29, 0.717) is 23.1 Å². The Morgan fingerprint density at radius 3 is 2.71 bits per heavy atom. The average molecular weight is 311 g/mol. The summed E-state index contributed by atoms with van der Waals surface area (Å²) in [5.74, 6) is -0.457. The lowest BCUT2D eigenvalue weighted by molar-refractivity contribution is -0.145. The molecule has 0 aliphatic carbocycles. The number of rotatable bonds is 7. The molecular formula is C14H17NO5S. The SMILES string of the molecule is COc1ccccc1OCC(C(=O)O)C(O)C1=NCCS1. The van der Waals surface area contributed by atoms with Gasteiger partial charge in [-0.2, -0.15) is 0 Å². The van der Waals surface area contributed by atoms with E-state index < -0.39 is 18.0 Å². The van der Waals surface area contributed by atoms with E-state index in [4.69, 9.17) is 9.47 Å². The van der Waals surface area contributed by atoms with Crippen molar-refractivity contribution < 1.29 is 24.5 Å². The van der Waals surface area contributed by atoms with Crippen molar-refractivity contribution in [2.75, 3.05) is 26.0 Å². The summed E-state index contributed by atoms with van der Waals surface area (Å²) in [6.45, 7) is 0.452. The van der Waals surface area contributed by atoms with Crippen LogP contribution in [0.3, 0.4) is 0 Å². The Morgan fingerprint density at radius 2 is 2.14 bits per heavy atom. The number of methoxy groups -OCH3 is 1. The Morgan fingerprint density at radius 1 is 1.43 bits per heavy atom. The molecule has 21 heavy (non-hydrogen) atoms. The third kappa shape index (κ3) is 3.89. The number of carboxylic acids is 1. The smallest absolute Gasteiger partial charge is 0.313 e. The standard InChI is InChI=1S/C14H17NO5S/c1-19-10-4-2-3-5-11(10)20-8-9(14(17)18)12(16)13-15-6-7-21-13/h2-5,9,12,16H,6-8H2,1H3,(H,17,18). The van der Waals surface area contributed by atoms with Crippen LogP contribution in [0.25, 0.3) is 0 Å². The number of aliphatic hydroxyl groups is 1. The Kier molecular flexibility index (Phi) is 5.46. The first-order chi connectivity index (χ1) is 10.1. The second kappa shape index (κ2) is 7.33. The van der Waals surface area contributed by atoms with Crippen LogP contribution < -0.4 is 9.47 Å². The van der Waals surface area contributed by atoms with E-state index in [1.54, 1.807) is 24.3 Å². The highest BCUT2D eigenvalue weighted by atomic mass is 32.2. The first-order valence-electron chi connectivity index (χ1n) is 6.47. The first kappa shape index (κ1) is 15.7. The average Bonchev–Trinajstić information content (AvgIpc) is 3.01. The molecule has 1 aromatic rings. The normalized spacial score (nSPS) is 17.0. The van der Waals surface area contributed by atoms with Crippen molar-refractivity contribution in [1.82, 2.24) is 0 Å². The number of thioether (sulfide) groups is 1. The second-order valence-corrected chi connectivity index (χ2v) is 5.54. The molecule has 0 saturated heterocycles. The molecular weight excluding hydrogens is 294 g/mol. The summed E-state index contributed by atoms with van der Waals surface area (Å²) in [4.78, 5) is 15.5. The van der Waals surface area contributed by atoms with Crippen LogP contribution in [0.1, 0.15) is 0 Å². The quantitative estimate of drug-likeness (QED) is 0.788. The number of ether oxygens (including phenoxy) is 2. The molecule has 1 aromatic carbocycles. The van der Waals surface area contributed by atoms with Crippen LogP contribution in [0.15, 0.2) is 29.3 Å². The lowest BCUT2D eigenvalue weighted by atomic mass is 10.0. The second-order valence-electron chi connectivity index (χ2n) is 4.42. The van der Waals surface area contributed by atoms with E-state index in [1.165, 1.54) is 18.9 Å². The highest BCUT2D eigenvalue weighted by Gasteiger charge is 2.32. The van der Waals surface area contributed by atoms with E-state index in [2.05, 4.69) is 4.99 Å². The van der Waals surface area contributed by atoms with Crippen LogP contribution >= 0.6 is 11.8 Å². The number of para-hydroxylation sites is 2.